The van der Waals surface area contributed by atoms with Gasteiger partial charge < -0.3 is 14.7 Å². The Balaban J connectivity index is 2.49. The molecule has 0 aliphatic carbocycles. The number of carboxylic acids is 1. The fourth-order valence-corrected chi connectivity index (χ4v) is 3.12. The molecule has 1 aromatic carbocycles. The highest BCUT2D eigenvalue weighted by Gasteiger charge is 2.44. The van der Waals surface area contributed by atoms with Gasteiger partial charge in [0.2, 0.25) is 5.91 Å². The van der Waals surface area contributed by atoms with E-state index >= 15 is 0 Å². The lowest BCUT2D eigenvalue weighted by atomic mass is 9.81. The van der Waals surface area contributed by atoms with Crippen molar-refractivity contribution < 1.29 is 19.4 Å². The zero-order valence-electron chi connectivity index (χ0n) is 13.5. The lowest BCUT2D eigenvalue weighted by Crippen LogP contribution is -2.53. The number of piperidine rings is 1. The molecular formula is C17H23NO4. The number of amides is 1. The van der Waals surface area contributed by atoms with Crippen LogP contribution in [0.5, 0.6) is 5.75 Å². The molecular weight excluding hydrogens is 282 g/mol. The average molecular weight is 305 g/mol. The number of carboxylic acid groups (broad SMARTS) is 1. The number of hydrogen-bond acceptors (Lipinski definition) is 3. The Hall–Kier alpha value is -2.04. The van der Waals surface area contributed by atoms with Crippen LogP contribution >= 0.6 is 0 Å². The molecule has 22 heavy (non-hydrogen) atoms. The predicted octanol–water partition coefficient (Wildman–Crippen LogP) is 2.86. The van der Waals surface area contributed by atoms with E-state index in [1.165, 1.54) is 0 Å². The highest BCUT2D eigenvalue weighted by Crippen LogP contribution is 2.41. The lowest BCUT2D eigenvalue weighted by molar-refractivity contribution is -0.156. The number of hydrogen-bond donors (Lipinski definition) is 1. The van der Waals surface area contributed by atoms with E-state index in [2.05, 4.69) is 0 Å². The number of aliphatic carboxylic acids is 1. The predicted molar refractivity (Wildman–Crippen MR) is 82.7 cm³/mol. The Morgan fingerprint density at radius 1 is 1.27 bits per heavy atom. The Kier molecular flexibility index (Phi) is 4.44. The van der Waals surface area contributed by atoms with Crippen LogP contribution < -0.4 is 4.74 Å². The molecule has 0 saturated carbocycles. The summed E-state index contributed by atoms with van der Waals surface area (Å²) in [5, 5.41) is 9.58. The maximum absolute atomic E-state index is 12.4. The Morgan fingerprint density at radius 2 is 1.86 bits per heavy atom. The van der Waals surface area contributed by atoms with Crippen molar-refractivity contribution in [2.45, 2.75) is 45.2 Å². The molecule has 5 heteroatoms. The van der Waals surface area contributed by atoms with Gasteiger partial charge in [0.1, 0.15) is 5.75 Å². The van der Waals surface area contributed by atoms with Crippen LogP contribution in [0.15, 0.2) is 24.3 Å². The second-order valence-electron chi connectivity index (χ2n) is 6.64. The molecule has 1 N–H and O–H groups in total. The summed E-state index contributed by atoms with van der Waals surface area (Å²) < 4.78 is 5.15. The zero-order valence-corrected chi connectivity index (χ0v) is 13.5. The van der Waals surface area contributed by atoms with Gasteiger partial charge in [-0.1, -0.05) is 12.1 Å². The van der Waals surface area contributed by atoms with E-state index in [4.69, 9.17) is 4.74 Å². The van der Waals surface area contributed by atoms with Crippen LogP contribution in [-0.2, 0) is 9.59 Å². The molecule has 5 nitrogen and oxygen atoms in total. The van der Waals surface area contributed by atoms with E-state index in [1.807, 2.05) is 32.9 Å². The second-order valence-corrected chi connectivity index (χ2v) is 6.64. The molecule has 1 aromatic rings. The standard InChI is InChI=1S/C17H23NO4/c1-17(2,3)18-14(19)10-9-13(16(20)21)15(18)11-5-7-12(22-4)8-6-11/h5-8,13,15H,9-10H2,1-4H3,(H,20,21)/t13-,15-/m0/s1. The molecule has 0 unspecified atom stereocenters. The van der Waals surface area contributed by atoms with Crippen molar-refractivity contribution in [2.75, 3.05) is 7.11 Å². The number of benzene rings is 1. The van der Waals surface area contributed by atoms with Crippen molar-refractivity contribution in [3.63, 3.8) is 0 Å². The van der Waals surface area contributed by atoms with Crippen LogP contribution in [0.25, 0.3) is 0 Å². The number of methoxy groups -OCH3 is 1. The summed E-state index contributed by atoms with van der Waals surface area (Å²) in [7, 11) is 1.58. The van der Waals surface area contributed by atoms with Gasteiger partial charge in [-0.3, -0.25) is 9.59 Å². The molecule has 1 heterocycles. The number of rotatable bonds is 3. The Labute approximate surface area is 130 Å². The van der Waals surface area contributed by atoms with Crippen molar-refractivity contribution in [2.24, 2.45) is 5.92 Å². The molecule has 1 amide bonds. The minimum atomic E-state index is -0.859. The van der Waals surface area contributed by atoms with Crippen LogP contribution in [0.3, 0.4) is 0 Å². The molecule has 0 spiro atoms. The molecule has 0 radical (unpaired) electrons. The third-order valence-electron chi connectivity index (χ3n) is 4.09. The summed E-state index contributed by atoms with van der Waals surface area (Å²) >= 11 is 0. The second kappa shape index (κ2) is 5.99. The highest BCUT2D eigenvalue weighted by atomic mass is 16.5. The van der Waals surface area contributed by atoms with Crippen LogP contribution in [-0.4, -0.2) is 34.5 Å². The number of nitrogens with zero attached hydrogens (tertiary/aromatic N) is 1. The third kappa shape index (κ3) is 3.08. The molecule has 1 fully saturated rings. The topological polar surface area (TPSA) is 66.8 Å². The summed E-state index contributed by atoms with van der Waals surface area (Å²) in [6.45, 7) is 5.81. The Bertz CT molecular complexity index is 559. The summed E-state index contributed by atoms with van der Waals surface area (Å²) in [6, 6.07) is 6.83. The van der Waals surface area contributed by atoms with Gasteiger partial charge in [-0.15, -0.1) is 0 Å². The van der Waals surface area contributed by atoms with Crippen LogP contribution in [0, 0.1) is 5.92 Å². The van der Waals surface area contributed by atoms with E-state index in [-0.39, 0.29) is 12.3 Å². The van der Waals surface area contributed by atoms with Gasteiger partial charge in [0.25, 0.3) is 0 Å². The molecule has 0 aromatic heterocycles. The van der Waals surface area contributed by atoms with Crippen molar-refractivity contribution in [1.29, 1.82) is 0 Å². The monoisotopic (exact) mass is 305 g/mol. The van der Waals surface area contributed by atoms with E-state index in [0.717, 1.165) is 5.56 Å². The summed E-state index contributed by atoms with van der Waals surface area (Å²) in [4.78, 5) is 25.8. The van der Waals surface area contributed by atoms with Crippen molar-refractivity contribution in [1.82, 2.24) is 4.90 Å². The maximum Gasteiger partial charge on any atom is 0.308 e. The molecule has 1 saturated heterocycles. The fourth-order valence-electron chi connectivity index (χ4n) is 3.12. The minimum absolute atomic E-state index is 0.00539. The molecule has 0 bridgehead atoms. The lowest BCUT2D eigenvalue weighted by Gasteiger charge is -2.47. The molecule has 120 valence electrons. The molecule has 1 aliphatic rings. The van der Waals surface area contributed by atoms with E-state index in [9.17, 15) is 14.7 Å². The SMILES string of the molecule is COc1ccc([C@H]2[C@@H](C(=O)O)CCC(=O)N2C(C)(C)C)cc1. The fraction of sp³-hybridized carbons (Fsp3) is 0.529. The Morgan fingerprint density at radius 3 is 2.32 bits per heavy atom. The first-order valence-corrected chi connectivity index (χ1v) is 7.44. The largest absolute Gasteiger partial charge is 0.497 e. The number of ether oxygens (including phenoxy) is 1. The van der Waals surface area contributed by atoms with Crippen molar-refractivity contribution in [3.05, 3.63) is 29.8 Å². The van der Waals surface area contributed by atoms with Gasteiger partial charge in [-0.25, -0.2) is 0 Å². The van der Waals surface area contributed by atoms with E-state index in [0.29, 0.717) is 12.2 Å². The first kappa shape index (κ1) is 16.3. The smallest absolute Gasteiger partial charge is 0.308 e. The van der Waals surface area contributed by atoms with Gasteiger partial charge in [0.05, 0.1) is 19.1 Å². The van der Waals surface area contributed by atoms with Crippen LogP contribution in [0.1, 0.15) is 45.2 Å². The van der Waals surface area contributed by atoms with Gasteiger partial charge in [0, 0.05) is 12.0 Å². The van der Waals surface area contributed by atoms with Gasteiger partial charge >= 0.3 is 5.97 Å². The summed E-state index contributed by atoms with van der Waals surface area (Å²) in [5.74, 6) is -0.737. The third-order valence-corrected chi connectivity index (χ3v) is 4.09. The highest BCUT2D eigenvalue weighted by molar-refractivity contribution is 5.82. The first-order chi connectivity index (χ1) is 10.3. The van der Waals surface area contributed by atoms with E-state index < -0.39 is 23.5 Å². The first-order valence-electron chi connectivity index (χ1n) is 7.44. The normalized spacial score (nSPS) is 22.5. The van der Waals surface area contributed by atoms with Crippen molar-refractivity contribution >= 4 is 11.9 Å². The minimum Gasteiger partial charge on any atom is -0.497 e. The number of carbonyl (C=O) groups is 2. The van der Waals surface area contributed by atoms with Gasteiger partial charge in [-0.2, -0.15) is 0 Å². The maximum atomic E-state index is 12.4. The van der Waals surface area contributed by atoms with Crippen molar-refractivity contribution in [3.8, 4) is 5.75 Å². The number of carbonyl (C=O) groups excluding carboxylic acids is 1. The number of likely N-dealkylation sites (tertiary alicyclic amines) is 1. The summed E-state index contributed by atoms with van der Waals surface area (Å²) in [6.07, 6.45) is 0.651. The molecule has 2 rings (SSSR count). The van der Waals surface area contributed by atoms with E-state index in [1.54, 1.807) is 24.1 Å². The quantitative estimate of drug-likeness (QED) is 0.932. The molecule has 2 atom stereocenters. The van der Waals surface area contributed by atoms with Crippen LogP contribution in [0.2, 0.25) is 0 Å². The van der Waals surface area contributed by atoms with Crippen LogP contribution in [0.4, 0.5) is 0 Å². The molecule has 1 aliphatic heterocycles. The van der Waals surface area contributed by atoms with Gasteiger partial charge in [0.15, 0.2) is 0 Å². The zero-order chi connectivity index (χ0) is 16.5. The van der Waals surface area contributed by atoms with Gasteiger partial charge in [-0.05, 0) is 44.9 Å². The average Bonchev–Trinajstić information content (AvgIpc) is 2.45. The summed E-state index contributed by atoms with van der Waals surface area (Å²) in [5.41, 5.74) is 0.395.